The Balaban J connectivity index is 1.99. The van der Waals surface area contributed by atoms with E-state index < -0.39 is 11.9 Å². The molecule has 0 aromatic carbocycles. The van der Waals surface area contributed by atoms with Gasteiger partial charge in [-0.05, 0) is 38.0 Å². The molecule has 1 saturated carbocycles. The zero-order chi connectivity index (χ0) is 15.9. The van der Waals surface area contributed by atoms with E-state index in [1.807, 2.05) is 0 Å². The van der Waals surface area contributed by atoms with Crippen LogP contribution in [-0.4, -0.2) is 30.8 Å². The van der Waals surface area contributed by atoms with Gasteiger partial charge in [0.05, 0.1) is 18.8 Å². The molecule has 1 aliphatic carbocycles. The zero-order valence-electron chi connectivity index (χ0n) is 13.5. The zero-order valence-corrected chi connectivity index (χ0v) is 13.5. The molecule has 5 heteroatoms. The van der Waals surface area contributed by atoms with Crippen LogP contribution in [-0.2, 0) is 23.8 Å². The number of fused-ring (bicyclic) bond motifs is 4. The third-order valence-electron chi connectivity index (χ3n) is 5.43. The van der Waals surface area contributed by atoms with Crippen molar-refractivity contribution < 1.29 is 23.8 Å². The largest absolute Gasteiger partial charge is 0.465 e. The van der Waals surface area contributed by atoms with Crippen molar-refractivity contribution in [1.29, 1.82) is 0 Å². The molecule has 0 aromatic heterocycles. The van der Waals surface area contributed by atoms with Gasteiger partial charge in [-0.3, -0.25) is 4.79 Å². The van der Waals surface area contributed by atoms with E-state index in [1.165, 1.54) is 33.3 Å². The third kappa shape index (κ3) is 2.56. The van der Waals surface area contributed by atoms with Crippen LogP contribution in [0.25, 0.3) is 0 Å². The van der Waals surface area contributed by atoms with E-state index >= 15 is 0 Å². The number of rotatable bonds is 2. The molecule has 0 aromatic rings. The van der Waals surface area contributed by atoms with Gasteiger partial charge in [0.1, 0.15) is 11.3 Å². The van der Waals surface area contributed by atoms with Gasteiger partial charge in [0.15, 0.2) is 0 Å². The van der Waals surface area contributed by atoms with Gasteiger partial charge in [-0.1, -0.05) is 12.8 Å². The number of carbonyl (C=O) groups is 2. The first-order valence-electron chi connectivity index (χ1n) is 8.12. The summed E-state index contributed by atoms with van der Waals surface area (Å²) in [6, 6.07) is 0. The summed E-state index contributed by atoms with van der Waals surface area (Å²) >= 11 is 0. The lowest BCUT2D eigenvalue weighted by molar-refractivity contribution is -0.190. The quantitative estimate of drug-likeness (QED) is 0.734. The third-order valence-corrected chi connectivity index (χ3v) is 5.43. The van der Waals surface area contributed by atoms with Gasteiger partial charge >= 0.3 is 11.9 Å². The lowest BCUT2D eigenvalue weighted by atomic mass is 9.63. The topological polar surface area (TPSA) is 61.8 Å². The molecule has 0 N–H and O–H groups in total. The molecule has 3 aliphatic rings. The van der Waals surface area contributed by atoms with E-state index in [0.717, 1.165) is 12.8 Å². The fourth-order valence-electron chi connectivity index (χ4n) is 4.59. The summed E-state index contributed by atoms with van der Waals surface area (Å²) in [7, 11) is 1.35. The van der Waals surface area contributed by atoms with Gasteiger partial charge in [0.25, 0.3) is 0 Å². The Kier molecular flexibility index (Phi) is 4.02. The Bertz CT molecular complexity index is 523. The van der Waals surface area contributed by atoms with E-state index in [9.17, 15) is 9.59 Å². The number of methoxy groups -OCH3 is 1. The van der Waals surface area contributed by atoms with Crippen molar-refractivity contribution in [3.05, 3.63) is 11.3 Å². The second kappa shape index (κ2) is 5.69. The molecule has 1 saturated heterocycles. The maximum absolute atomic E-state index is 12.2. The van der Waals surface area contributed by atoms with Crippen LogP contribution in [0.5, 0.6) is 0 Å². The molecule has 2 heterocycles. The van der Waals surface area contributed by atoms with Crippen LogP contribution in [0.3, 0.4) is 0 Å². The predicted molar refractivity (Wildman–Crippen MR) is 78.8 cm³/mol. The van der Waals surface area contributed by atoms with E-state index in [-0.39, 0.29) is 11.7 Å². The summed E-state index contributed by atoms with van der Waals surface area (Å²) in [5.41, 5.74) is 0.0512. The molecule has 122 valence electrons. The molecule has 22 heavy (non-hydrogen) atoms. The minimum atomic E-state index is -0.447. The van der Waals surface area contributed by atoms with Crippen LogP contribution in [0.15, 0.2) is 11.3 Å². The summed E-state index contributed by atoms with van der Waals surface area (Å²) < 4.78 is 16.5. The first kappa shape index (κ1) is 15.5. The van der Waals surface area contributed by atoms with Crippen LogP contribution >= 0.6 is 0 Å². The van der Waals surface area contributed by atoms with Crippen LogP contribution in [0.1, 0.15) is 52.4 Å². The summed E-state index contributed by atoms with van der Waals surface area (Å²) in [4.78, 5) is 23.6. The summed E-state index contributed by atoms with van der Waals surface area (Å²) in [5, 5.41) is 0. The number of hydrogen-bond donors (Lipinski definition) is 0. The first-order valence-corrected chi connectivity index (χ1v) is 8.12. The van der Waals surface area contributed by atoms with Crippen molar-refractivity contribution in [2.24, 2.45) is 11.8 Å². The molecule has 2 aliphatic heterocycles. The Morgan fingerprint density at radius 1 is 1.27 bits per heavy atom. The molecule has 0 spiro atoms. The summed E-state index contributed by atoms with van der Waals surface area (Å²) in [6.45, 7) is 3.46. The lowest BCUT2D eigenvalue weighted by Gasteiger charge is -2.53. The van der Waals surface area contributed by atoms with Crippen molar-refractivity contribution in [3.8, 4) is 0 Å². The fraction of sp³-hybridized carbons (Fsp3) is 0.765. The van der Waals surface area contributed by atoms with Crippen LogP contribution in [0, 0.1) is 11.8 Å². The van der Waals surface area contributed by atoms with Gasteiger partial charge in [-0.2, -0.15) is 0 Å². The van der Waals surface area contributed by atoms with Gasteiger partial charge in [0, 0.05) is 13.3 Å². The Morgan fingerprint density at radius 2 is 2.00 bits per heavy atom. The van der Waals surface area contributed by atoms with Gasteiger partial charge in [-0.15, -0.1) is 0 Å². The van der Waals surface area contributed by atoms with Crippen LogP contribution < -0.4 is 0 Å². The van der Waals surface area contributed by atoms with E-state index in [1.54, 1.807) is 0 Å². The standard InChI is InChI=1S/C17H24O5/c1-10(18)21-14-9-17(2)12-7-5-4-6-11(12)8-13(22-17)15(14)16(19)20-3/h11-13H,4-9H2,1-3H3/t11-,12+,13-,17-/m0/s1. The number of esters is 2. The highest BCUT2D eigenvalue weighted by molar-refractivity contribution is 5.91. The van der Waals surface area contributed by atoms with E-state index in [0.29, 0.717) is 29.6 Å². The van der Waals surface area contributed by atoms with Crippen molar-refractivity contribution in [3.63, 3.8) is 0 Å². The fourth-order valence-corrected chi connectivity index (χ4v) is 4.59. The molecular weight excluding hydrogens is 284 g/mol. The molecule has 2 bridgehead atoms. The molecule has 3 rings (SSSR count). The second-order valence-corrected chi connectivity index (χ2v) is 6.90. The van der Waals surface area contributed by atoms with Gasteiger partial charge < -0.3 is 14.2 Å². The molecular formula is C17H24O5. The van der Waals surface area contributed by atoms with Crippen LogP contribution in [0.2, 0.25) is 0 Å². The van der Waals surface area contributed by atoms with Gasteiger partial charge in [0.2, 0.25) is 0 Å². The monoisotopic (exact) mass is 308 g/mol. The van der Waals surface area contributed by atoms with Crippen molar-refractivity contribution in [2.45, 2.75) is 64.1 Å². The van der Waals surface area contributed by atoms with E-state index in [4.69, 9.17) is 14.2 Å². The first-order chi connectivity index (χ1) is 10.4. The summed E-state index contributed by atoms with van der Waals surface area (Å²) in [5.74, 6) is 0.651. The number of hydrogen-bond acceptors (Lipinski definition) is 5. The summed E-state index contributed by atoms with van der Waals surface area (Å²) in [6.07, 6.45) is 5.77. The normalized spacial score (nSPS) is 37.3. The van der Waals surface area contributed by atoms with Crippen molar-refractivity contribution in [2.75, 3.05) is 7.11 Å². The molecule has 0 amide bonds. The minimum absolute atomic E-state index is 0.320. The average Bonchev–Trinajstić information content (AvgIpc) is 2.45. The van der Waals surface area contributed by atoms with Gasteiger partial charge in [-0.25, -0.2) is 4.79 Å². The number of carbonyl (C=O) groups excluding carboxylic acids is 2. The van der Waals surface area contributed by atoms with Crippen molar-refractivity contribution in [1.82, 2.24) is 0 Å². The number of ether oxygens (including phenoxy) is 3. The lowest BCUT2D eigenvalue weighted by Crippen LogP contribution is -2.55. The maximum atomic E-state index is 12.2. The smallest absolute Gasteiger partial charge is 0.339 e. The Labute approximate surface area is 131 Å². The minimum Gasteiger partial charge on any atom is -0.465 e. The average molecular weight is 308 g/mol. The van der Waals surface area contributed by atoms with Crippen LogP contribution in [0.4, 0.5) is 0 Å². The molecule has 2 fully saturated rings. The Hall–Kier alpha value is -1.36. The highest BCUT2D eigenvalue weighted by Gasteiger charge is 2.53. The maximum Gasteiger partial charge on any atom is 0.339 e. The SMILES string of the molecule is COC(=O)C1=C(OC(C)=O)C[C@]2(C)O[C@H]1C[C@@H]1CCCC[C@H]12. The highest BCUT2D eigenvalue weighted by Crippen LogP contribution is 2.52. The van der Waals surface area contributed by atoms with Crippen molar-refractivity contribution >= 4 is 11.9 Å². The second-order valence-electron chi connectivity index (χ2n) is 6.90. The molecule has 0 unspecified atom stereocenters. The highest BCUT2D eigenvalue weighted by atomic mass is 16.6. The molecule has 4 atom stereocenters. The molecule has 0 radical (unpaired) electrons. The molecule has 5 nitrogen and oxygen atoms in total. The predicted octanol–water partition coefficient (Wildman–Crippen LogP) is 2.73. The Morgan fingerprint density at radius 3 is 2.68 bits per heavy atom. The van der Waals surface area contributed by atoms with E-state index in [2.05, 4.69) is 6.92 Å².